The zero-order chi connectivity index (χ0) is 14.1. The van der Waals surface area contributed by atoms with Gasteiger partial charge in [-0.1, -0.05) is 27.2 Å². The maximum absolute atomic E-state index is 4.35. The Hall–Kier alpha value is -1.16. The van der Waals surface area contributed by atoms with E-state index >= 15 is 0 Å². The second-order valence-electron chi connectivity index (χ2n) is 5.11. The van der Waals surface area contributed by atoms with Crippen LogP contribution in [-0.2, 0) is 6.54 Å². The van der Waals surface area contributed by atoms with Crippen molar-refractivity contribution in [3.8, 4) is 0 Å². The summed E-state index contributed by atoms with van der Waals surface area (Å²) in [6, 6.07) is 4.16. The minimum Gasteiger partial charge on any atom is -0.355 e. The predicted molar refractivity (Wildman–Crippen MR) is 81.4 cm³/mol. The third-order valence-corrected chi connectivity index (χ3v) is 3.37. The Labute approximate surface area is 117 Å². The third-order valence-electron chi connectivity index (χ3n) is 3.37. The topological polar surface area (TPSA) is 41.0 Å². The summed E-state index contributed by atoms with van der Waals surface area (Å²) in [6.45, 7) is 12.7. The fraction of sp³-hybridized carbons (Fsp3) is 0.733. The van der Waals surface area contributed by atoms with Crippen LogP contribution in [-0.4, -0.2) is 29.8 Å². The maximum Gasteiger partial charge on any atom is 0.151 e. The first kappa shape index (κ1) is 15.9. The van der Waals surface area contributed by atoms with Gasteiger partial charge < -0.3 is 10.2 Å². The van der Waals surface area contributed by atoms with E-state index in [1.807, 2.05) is 0 Å². The van der Waals surface area contributed by atoms with Crippen LogP contribution >= 0.6 is 0 Å². The van der Waals surface area contributed by atoms with Crippen molar-refractivity contribution in [2.24, 2.45) is 5.92 Å². The van der Waals surface area contributed by atoms with E-state index in [1.165, 1.54) is 6.42 Å². The lowest BCUT2D eigenvalue weighted by Crippen LogP contribution is -2.29. The Morgan fingerprint density at radius 2 is 2.00 bits per heavy atom. The molecule has 0 spiro atoms. The highest BCUT2D eigenvalue weighted by Gasteiger charge is 2.10. The number of aromatic nitrogens is 2. The smallest absolute Gasteiger partial charge is 0.151 e. The van der Waals surface area contributed by atoms with Crippen LogP contribution in [0, 0.1) is 5.92 Å². The molecule has 0 aliphatic heterocycles. The zero-order valence-electron chi connectivity index (χ0n) is 12.8. The van der Waals surface area contributed by atoms with Crippen molar-refractivity contribution in [2.75, 3.05) is 24.5 Å². The Morgan fingerprint density at radius 1 is 1.21 bits per heavy atom. The first-order valence-corrected chi connectivity index (χ1v) is 7.49. The Kier molecular flexibility index (Phi) is 7.41. The first-order chi connectivity index (χ1) is 9.21. The second-order valence-corrected chi connectivity index (χ2v) is 5.11. The molecule has 19 heavy (non-hydrogen) atoms. The van der Waals surface area contributed by atoms with Crippen LogP contribution in [0.2, 0.25) is 0 Å². The molecule has 0 fully saturated rings. The Balaban J connectivity index is 2.57. The summed E-state index contributed by atoms with van der Waals surface area (Å²) in [5.41, 5.74) is 1.01. The summed E-state index contributed by atoms with van der Waals surface area (Å²) < 4.78 is 0. The lowest BCUT2D eigenvalue weighted by molar-refractivity contribution is 0.543. The highest BCUT2D eigenvalue weighted by molar-refractivity contribution is 5.37. The quantitative estimate of drug-likeness (QED) is 0.696. The zero-order valence-corrected chi connectivity index (χ0v) is 12.8. The number of hydrogen-bond donors (Lipinski definition) is 1. The highest BCUT2D eigenvalue weighted by atomic mass is 15.3. The van der Waals surface area contributed by atoms with E-state index in [4.69, 9.17) is 0 Å². The molecule has 4 nitrogen and oxygen atoms in total. The summed E-state index contributed by atoms with van der Waals surface area (Å²) in [5.74, 6) is 1.68. The molecule has 1 N–H and O–H groups in total. The van der Waals surface area contributed by atoms with Gasteiger partial charge in [0.2, 0.25) is 0 Å². The molecular weight excluding hydrogens is 236 g/mol. The average Bonchev–Trinajstić information content (AvgIpc) is 2.45. The van der Waals surface area contributed by atoms with Gasteiger partial charge in [-0.25, -0.2) is 0 Å². The summed E-state index contributed by atoms with van der Waals surface area (Å²) >= 11 is 0. The summed E-state index contributed by atoms with van der Waals surface area (Å²) in [6.07, 6.45) is 2.34. The SMILES string of the molecule is CCCNCc1ccc(N(CC)CC(C)CC)nn1. The normalized spacial score (nSPS) is 12.4. The number of anilines is 1. The number of rotatable bonds is 9. The van der Waals surface area contributed by atoms with E-state index in [-0.39, 0.29) is 0 Å². The van der Waals surface area contributed by atoms with Crippen LogP contribution in [0.5, 0.6) is 0 Å². The van der Waals surface area contributed by atoms with Gasteiger partial charge in [0.1, 0.15) is 0 Å². The molecule has 0 aliphatic carbocycles. The minimum atomic E-state index is 0.688. The molecule has 1 heterocycles. The van der Waals surface area contributed by atoms with Gasteiger partial charge >= 0.3 is 0 Å². The molecule has 0 saturated heterocycles. The van der Waals surface area contributed by atoms with Gasteiger partial charge in [0.05, 0.1) is 5.69 Å². The molecule has 1 unspecified atom stereocenters. The van der Waals surface area contributed by atoms with E-state index in [1.54, 1.807) is 0 Å². The van der Waals surface area contributed by atoms with Gasteiger partial charge in [0, 0.05) is 19.6 Å². The van der Waals surface area contributed by atoms with Crippen LogP contribution in [0.3, 0.4) is 0 Å². The van der Waals surface area contributed by atoms with Crippen molar-refractivity contribution in [2.45, 2.75) is 47.1 Å². The van der Waals surface area contributed by atoms with Gasteiger partial charge in [0.25, 0.3) is 0 Å². The molecule has 108 valence electrons. The van der Waals surface area contributed by atoms with Gasteiger partial charge in [-0.05, 0) is 37.9 Å². The van der Waals surface area contributed by atoms with Crippen molar-refractivity contribution in [1.82, 2.24) is 15.5 Å². The second kappa shape index (κ2) is 8.86. The predicted octanol–water partition coefficient (Wildman–Crippen LogP) is 2.85. The maximum atomic E-state index is 4.35. The molecule has 1 aromatic rings. The van der Waals surface area contributed by atoms with Crippen LogP contribution in [0.15, 0.2) is 12.1 Å². The van der Waals surface area contributed by atoms with Crippen LogP contribution in [0.25, 0.3) is 0 Å². The summed E-state index contributed by atoms with van der Waals surface area (Å²) in [5, 5.41) is 12.0. The minimum absolute atomic E-state index is 0.688. The molecule has 0 amide bonds. The van der Waals surface area contributed by atoms with E-state index in [2.05, 4.69) is 60.2 Å². The molecule has 0 aliphatic rings. The van der Waals surface area contributed by atoms with Gasteiger partial charge in [-0.2, -0.15) is 5.10 Å². The molecule has 0 bridgehead atoms. The van der Waals surface area contributed by atoms with Crippen molar-refractivity contribution in [3.63, 3.8) is 0 Å². The van der Waals surface area contributed by atoms with Crippen molar-refractivity contribution < 1.29 is 0 Å². The van der Waals surface area contributed by atoms with E-state index in [0.29, 0.717) is 5.92 Å². The molecule has 0 aromatic carbocycles. The highest BCUT2D eigenvalue weighted by Crippen LogP contribution is 2.13. The average molecular weight is 264 g/mol. The monoisotopic (exact) mass is 264 g/mol. The Bertz CT molecular complexity index is 337. The van der Waals surface area contributed by atoms with E-state index < -0.39 is 0 Å². The standard InChI is InChI=1S/C15H28N4/c1-5-10-16-11-14-8-9-15(18-17-14)19(7-3)12-13(4)6-2/h8-9,13,16H,5-7,10-12H2,1-4H3. The van der Waals surface area contributed by atoms with Gasteiger partial charge in [0.15, 0.2) is 5.82 Å². The number of nitrogens with zero attached hydrogens (tertiary/aromatic N) is 3. The van der Waals surface area contributed by atoms with Gasteiger partial charge in [-0.15, -0.1) is 5.10 Å². The van der Waals surface area contributed by atoms with Crippen LogP contribution < -0.4 is 10.2 Å². The molecule has 1 aromatic heterocycles. The molecular formula is C15H28N4. The molecule has 0 saturated carbocycles. The van der Waals surface area contributed by atoms with E-state index in [9.17, 15) is 0 Å². The number of nitrogens with one attached hydrogen (secondary N) is 1. The van der Waals surface area contributed by atoms with Crippen LogP contribution in [0.1, 0.15) is 46.2 Å². The van der Waals surface area contributed by atoms with Gasteiger partial charge in [-0.3, -0.25) is 0 Å². The van der Waals surface area contributed by atoms with E-state index in [0.717, 1.165) is 44.1 Å². The fourth-order valence-electron chi connectivity index (χ4n) is 1.90. The van der Waals surface area contributed by atoms with Crippen molar-refractivity contribution in [3.05, 3.63) is 17.8 Å². The van der Waals surface area contributed by atoms with Crippen molar-refractivity contribution in [1.29, 1.82) is 0 Å². The molecule has 0 radical (unpaired) electrons. The summed E-state index contributed by atoms with van der Waals surface area (Å²) in [7, 11) is 0. The number of hydrogen-bond acceptors (Lipinski definition) is 4. The van der Waals surface area contributed by atoms with Crippen LogP contribution in [0.4, 0.5) is 5.82 Å². The summed E-state index contributed by atoms with van der Waals surface area (Å²) in [4.78, 5) is 2.30. The van der Waals surface area contributed by atoms with Crippen molar-refractivity contribution >= 4 is 5.82 Å². The molecule has 1 rings (SSSR count). The molecule has 4 heteroatoms. The Morgan fingerprint density at radius 3 is 2.53 bits per heavy atom. The fourth-order valence-corrected chi connectivity index (χ4v) is 1.90. The third kappa shape index (κ3) is 5.55. The largest absolute Gasteiger partial charge is 0.355 e. The lowest BCUT2D eigenvalue weighted by Gasteiger charge is -2.24. The first-order valence-electron chi connectivity index (χ1n) is 7.49. The lowest BCUT2D eigenvalue weighted by atomic mass is 10.1. The molecule has 1 atom stereocenters.